The molecule has 1 atom stereocenters. The molecule has 2 rings (SSSR count). The molecular formula is C17H18N2O2. The molecule has 1 unspecified atom stereocenters. The van der Waals surface area contributed by atoms with Crippen LogP contribution in [0.4, 0.5) is 5.69 Å². The third kappa shape index (κ3) is 3.28. The molecule has 0 heterocycles. The van der Waals surface area contributed by atoms with Crippen LogP contribution in [-0.2, 0) is 9.59 Å². The van der Waals surface area contributed by atoms with Crippen molar-refractivity contribution < 1.29 is 9.59 Å². The van der Waals surface area contributed by atoms with Gasteiger partial charge in [-0.3, -0.25) is 14.5 Å². The Balaban J connectivity index is 2.50. The fourth-order valence-corrected chi connectivity index (χ4v) is 2.29. The number of amides is 2. The lowest BCUT2D eigenvalue weighted by atomic mass is 10.0. The molecule has 0 spiro atoms. The third-order valence-electron chi connectivity index (χ3n) is 3.29. The quantitative estimate of drug-likeness (QED) is 0.936. The minimum Gasteiger partial charge on any atom is -0.368 e. The van der Waals surface area contributed by atoms with Gasteiger partial charge in [-0.1, -0.05) is 48.0 Å². The molecule has 4 heteroatoms. The van der Waals surface area contributed by atoms with Crippen LogP contribution in [0.5, 0.6) is 0 Å². The van der Waals surface area contributed by atoms with Gasteiger partial charge in [-0.2, -0.15) is 0 Å². The van der Waals surface area contributed by atoms with Crippen LogP contribution in [0, 0.1) is 6.92 Å². The van der Waals surface area contributed by atoms with Crippen molar-refractivity contribution in [3.63, 3.8) is 0 Å². The number of para-hydroxylation sites is 1. The van der Waals surface area contributed by atoms with Gasteiger partial charge in [-0.05, 0) is 24.6 Å². The molecule has 2 aromatic carbocycles. The SMILES string of the molecule is CC(=O)N(c1ccccc1)C(C(N)=O)c1ccc(C)cc1. The third-order valence-corrected chi connectivity index (χ3v) is 3.29. The number of carbonyl (C=O) groups is 2. The molecule has 0 aliphatic carbocycles. The molecule has 4 nitrogen and oxygen atoms in total. The Morgan fingerprint density at radius 1 is 1.00 bits per heavy atom. The summed E-state index contributed by atoms with van der Waals surface area (Å²) < 4.78 is 0. The normalized spacial score (nSPS) is 11.7. The first-order chi connectivity index (χ1) is 10.0. The van der Waals surface area contributed by atoms with Crippen molar-refractivity contribution in [3.8, 4) is 0 Å². The maximum absolute atomic E-state index is 12.0. The first-order valence-corrected chi connectivity index (χ1v) is 6.71. The highest BCUT2D eigenvalue weighted by atomic mass is 16.2. The lowest BCUT2D eigenvalue weighted by Crippen LogP contribution is -2.40. The van der Waals surface area contributed by atoms with Crippen LogP contribution in [0.15, 0.2) is 54.6 Å². The molecule has 0 saturated carbocycles. The van der Waals surface area contributed by atoms with E-state index in [2.05, 4.69) is 0 Å². The number of carbonyl (C=O) groups excluding carboxylic acids is 2. The maximum atomic E-state index is 12.0. The number of rotatable bonds is 4. The van der Waals surface area contributed by atoms with Crippen molar-refractivity contribution in [2.45, 2.75) is 19.9 Å². The van der Waals surface area contributed by atoms with E-state index in [0.29, 0.717) is 11.3 Å². The Labute approximate surface area is 124 Å². The van der Waals surface area contributed by atoms with Crippen LogP contribution < -0.4 is 10.6 Å². The van der Waals surface area contributed by atoms with Crippen molar-refractivity contribution in [1.82, 2.24) is 0 Å². The average Bonchev–Trinajstić information content (AvgIpc) is 2.46. The molecule has 0 radical (unpaired) electrons. The van der Waals surface area contributed by atoms with Gasteiger partial charge in [0.2, 0.25) is 11.8 Å². The van der Waals surface area contributed by atoms with Crippen LogP contribution >= 0.6 is 0 Å². The zero-order valence-electron chi connectivity index (χ0n) is 12.1. The molecule has 0 bridgehead atoms. The maximum Gasteiger partial charge on any atom is 0.245 e. The Hall–Kier alpha value is -2.62. The summed E-state index contributed by atoms with van der Waals surface area (Å²) in [5, 5.41) is 0. The second-order valence-electron chi connectivity index (χ2n) is 4.94. The zero-order valence-corrected chi connectivity index (χ0v) is 12.1. The molecule has 108 valence electrons. The van der Waals surface area contributed by atoms with Gasteiger partial charge in [-0.15, -0.1) is 0 Å². The van der Waals surface area contributed by atoms with E-state index >= 15 is 0 Å². The Bertz CT molecular complexity index is 636. The molecule has 0 aliphatic rings. The molecule has 2 aromatic rings. The average molecular weight is 282 g/mol. The van der Waals surface area contributed by atoms with Crippen molar-refractivity contribution >= 4 is 17.5 Å². The summed E-state index contributed by atoms with van der Waals surface area (Å²) in [6, 6.07) is 15.7. The minimum absolute atomic E-state index is 0.231. The van der Waals surface area contributed by atoms with Crippen LogP contribution in [-0.4, -0.2) is 11.8 Å². The van der Waals surface area contributed by atoms with Gasteiger partial charge in [0, 0.05) is 12.6 Å². The van der Waals surface area contributed by atoms with Gasteiger partial charge >= 0.3 is 0 Å². The monoisotopic (exact) mass is 282 g/mol. The van der Waals surface area contributed by atoms with Crippen LogP contribution in [0.25, 0.3) is 0 Å². The first kappa shape index (κ1) is 14.8. The molecule has 2 N–H and O–H groups in total. The summed E-state index contributed by atoms with van der Waals surface area (Å²) in [6.45, 7) is 3.39. The topological polar surface area (TPSA) is 63.4 Å². The van der Waals surface area contributed by atoms with E-state index in [1.54, 1.807) is 12.1 Å². The Morgan fingerprint density at radius 2 is 1.57 bits per heavy atom. The van der Waals surface area contributed by atoms with E-state index in [1.807, 2.05) is 49.4 Å². The standard InChI is InChI=1S/C17H18N2O2/c1-12-8-10-14(11-9-12)16(17(18)21)19(13(2)20)15-6-4-3-5-7-15/h3-11,16H,1-2H3,(H2,18,21). The van der Waals surface area contributed by atoms with Crippen LogP contribution in [0.1, 0.15) is 24.1 Å². The van der Waals surface area contributed by atoms with Gasteiger partial charge in [-0.25, -0.2) is 0 Å². The highest BCUT2D eigenvalue weighted by molar-refractivity contribution is 5.99. The number of anilines is 1. The Kier molecular flexibility index (Phi) is 4.38. The summed E-state index contributed by atoms with van der Waals surface area (Å²) >= 11 is 0. The summed E-state index contributed by atoms with van der Waals surface area (Å²) in [5.41, 5.74) is 7.98. The van der Waals surface area contributed by atoms with E-state index in [9.17, 15) is 9.59 Å². The number of hydrogen-bond donors (Lipinski definition) is 1. The van der Waals surface area contributed by atoms with Crippen LogP contribution in [0.2, 0.25) is 0 Å². The summed E-state index contributed by atoms with van der Waals surface area (Å²) in [4.78, 5) is 25.4. The number of nitrogens with two attached hydrogens (primary N) is 1. The van der Waals surface area contributed by atoms with Gasteiger partial charge in [0.05, 0.1) is 0 Å². The van der Waals surface area contributed by atoms with E-state index < -0.39 is 11.9 Å². The largest absolute Gasteiger partial charge is 0.368 e. The predicted molar refractivity (Wildman–Crippen MR) is 82.7 cm³/mol. The van der Waals surface area contributed by atoms with Crippen LogP contribution in [0.3, 0.4) is 0 Å². The molecule has 0 fully saturated rings. The smallest absolute Gasteiger partial charge is 0.245 e. The summed E-state index contributed by atoms with van der Waals surface area (Å²) in [7, 11) is 0. The number of hydrogen-bond acceptors (Lipinski definition) is 2. The highest BCUT2D eigenvalue weighted by Crippen LogP contribution is 2.27. The lowest BCUT2D eigenvalue weighted by Gasteiger charge is -2.29. The van der Waals surface area contributed by atoms with Gasteiger partial charge < -0.3 is 5.73 Å². The molecule has 0 aromatic heterocycles. The second-order valence-corrected chi connectivity index (χ2v) is 4.94. The molecular weight excluding hydrogens is 264 g/mol. The fraction of sp³-hybridized carbons (Fsp3) is 0.176. The van der Waals surface area contributed by atoms with E-state index in [4.69, 9.17) is 5.73 Å². The van der Waals surface area contributed by atoms with E-state index in [1.165, 1.54) is 11.8 Å². The van der Waals surface area contributed by atoms with Gasteiger partial charge in [0.25, 0.3) is 0 Å². The molecule has 0 saturated heterocycles. The summed E-state index contributed by atoms with van der Waals surface area (Å²) in [5.74, 6) is -0.788. The van der Waals surface area contributed by atoms with Crippen molar-refractivity contribution in [2.75, 3.05) is 4.90 Å². The first-order valence-electron chi connectivity index (χ1n) is 6.71. The molecule has 21 heavy (non-hydrogen) atoms. The van der Waals surface area contributed by atoms with Crippen molar-refractivity contribution in [3.05, 3.63) is 65.7 Å². The Morgan fingerprint density at radius 3 is 2.05 bits per heavy atom. The molecule has 0 aliphatic heterocycles. The second kappa shape index (κ2) is 6.22. The number of nitrogens with zero attached hydrogens (tertiary/aromatic N) is 1. The fourth-order valence-electron chi connectivity index (χ4n) is 2.29. The van der Waals surface area contributed by atoms with Crippen molar-refractivity contribution in [2.24, 2.45) is 5.73 Å². The molecule has 2 amide bonds. The van der Waals surface area contributed by atoms with Gasteiger partial charge in [0.15, 0.2) is 0 Å². The number of primary amides is 1. The lowest BCUT2D eigenvalue weighted by molar-refractivity contribution is -0.123. The van der Waals surface area contributed by atoms with E-state index in [0.717, 1.165) is 5.56 Å². The summed E-state index contributed by atoms with van der Waals surface area (Å²) in [6.07, 6.45) is 0. The number of benzene rings is 2. The van der Waals surface area contributed by atoms with Gasteiger partial charge in [0.1, 0.15) is 6.04 Å². The number of aryl methyl sites for hydroxylation is 1. The highest BCUT2D eigenvalue weighted by Gasteiger charge is 2.28. The zero-order chi connectivity index (χ0) is 15.4. The predicted octanol–water partition coefficient (Wildman–Crippen LogP) is 2.57. The minimum atomic E-state index is -0.814. The van der Waals surface area contributed by atoms with Crippen molar-refractivity contribution in [1.29, 1.82) is 0 Å². The van der Waals surface area contributed by atoms with E-state index in [-0.39, 0.29) is 5.91 Å².